The lowest BCUT2D eigenvalue weighted by Crippen LogP contribution is -2.49. The average Bonchev–Trinajstić information content (AvgIpc) is 3.13. The molecule has 190 valence electrons. The van der Waals surface area contributed by atoms with Gasteiger partial charge in [-0.1, -0.05) is 18.7 Å². The van der Waals surface area contributed by atoms with Crippen LogP contribution in [-0.2, 0) is 23.1 Å². The summed E-state index contributed by atoms with van der Waals surface area (Å²) in [6.07, 6.45) is 11.7. The molecule has 1 amide bonds. The first-order valence-electron chi connectivity index (χ1n) is 14.0. The highest BCUT2D eigenvalue weighted by Crippen LogP contribution is 2.60. The van der Waals surface area contributed by atoms with Crippen LogP contribution in [0.2, 0.25) is 0 Å². The maximum atomic E-state index is 13.3. The van der Waals surface area contributed by atoms with Crippen molar-refractivity contribution in [1.82, 2.24) is 14.9 Å². The quantitative estimate of drug-likeness (QED) is 0.309. The van der Waals surface area contributed by atoms with E-state index in [0.29, 0.717) is 5.75 Å². The lowest BCUT2D eigenvalue weighted by atomic mass is 9.49. The van der Waals surface area contributed by atoms with E-state index in [1.54, 1.807) is 11.8 Å². The number of hydrogen-bond acceptors (Lipinski definition) is 5. The summed E-state index contributed by atoms with van der Waals surface area (Å²) in [7, 11) is 0. The van der Waals surface area contributed by atoms with Gasteiger partial charge in [0, 0.05) is 27.8 Å². The molecule has 0 unspecified atom stereocenters. The van der Waals surface area contributed by atoms with Crippen LogP contribution in [0.1, 0.15) is 95.8 Å². The van der Waals surface area contributed by atoms with E-state index in [2.05, 4.69) is 34.6 Å². The average molecular weight is 512 g/mol. The number of fused-ring (bicyclic) bond motifs is 3. The van der Waals surface area contributed by atoms with Crippen LogP contribution in [0.5, 0.6) is 0 Å². The molecule has 4 bridgehead atoms. The summed E-state index contributed by atoms with van der Waals surface area (Å²) >= 11 is 3.61. The largest absolute Gasteiger partial charge is 0.337 e. The fraction of sp³-hybridized carbons (Fsp3) is 0.759. The Labute approximate surface area is 219 Å². The molecule has 2 aromatic rings. The molecule has 0 radical (unpaired) electrons. The molecule has 4 fully saturated rings. The fourth-order valence-corrected chi connectivity index (χ4v) is 10.8. The molecule has 1 atom stereocenters. The molecule has 2 heterocycles. The van der Waals surface area contributed by atoms with Gasteiger partial charge in [-0.3, -0.25) is 4.79 Å². The molecule has 0 aromatic carbocycles. The van der Waals surface area contributed by atoms with E-state index in [0.717, 1.165) is 40.9 Å². The highest BCUT2D eigenvalue weighted by atomic mass is 32.2. The van der Waals surface area contributed by atoms with Crippen LogP contribution in [0, 0.1) is 23.7 Å². The van der Waals surface area contributed by atoms with Gasteiger partial charge in [0.2, 0.25) is 5.91 Å². The first kappa shape index (κ1) is 24.2. The van der Waals surface area contributed by atoms with Crippen molar-refractivity contribution in [3.63, 3.8) is 0 Å². The smallest absolute Gasteiger partial charge is 0.233 e. The number of aryl methyl sites for hydroxylation is 1. The Morgan fingerprint density at radius 1 is 1.06 bits per heavy atom. The molecule has 0 spiro atoms. The summed E-state index contributed by atoms with van der Waals surface area (Å²) in [5, 5.41) is 2.37. The van der Waals surface area contributed by atoms with Gasteiger partial charge in [-0.15, -0.1) is 11.3 Å². The van der Waals surface area contributed by atoms with Crippen LogP contribution < -0.4 is 0 Å². The number of hydrogen-bond donors (Lipinski definition) is 0. The molecular formula is C29H41N3OS2. The van der Waals surface area contributed by atoms with E-state index in [9.17, 15) is 4.79 Å². The Bertz CT molecular complexity index is 1090. The van der Waals surface area contributed by atoms with Gasteiger partial charge < -0.3 is 4.90 Å². The molecule has 0 aliphatic heterocycles. The van der Waals surface area contributed by atoms with Gasteiger partial charge in [-0.05, 0) is 115 Å². The van der Waals surface area contributed by atoms with E-state index in [1.807, 2.05) is 16.2 Å². The number of amides is 1. The summed E-state index contributed by atoms with van der Waals surface area (Å²) in [5.74, 6) is 5.18. The third-order valence-electron chi connectivity index (χ3n) is 9.37. The topological polar surface area (TPSA) is 46.1 Å². The maximum Gasteiger partial charge on any atom is 0.233 e. The number of carbonyl (C=O) groups excluding carboxylic acids is 1. The third-order valence-corrected chi connectivity index (χ3v) is 11.5. The summed E-state index contributed by atoms with van der Waals surface area (Å²) in [5.41, 5.74) is 1.67. The Kier molecular flexibility index (Phi) is 6.23. The van der Waals surface area contributed by atoms with Crippen LogP contribution in [-0.4, -0.2) is 38.6 Å². The fourth-order valence-electron chi connectivity index (χ4n) is 8.41. The van der Waals surface area contributed by atoms with E-state index < -0.39 is 0 Å². The maximum absolute atomic E-state index is 13.3. The van der Waals surface area contributed by atoms with Gasteiger partial charge in [0.1, 0.15) is 15.7 Å². The van der Waals surface area contributed by atoms with Crippen LogP contribution in [0.25, 0.3) is 10.2 Å². The molecule has 35 heavy (non-hydrogen) atoms. The van der Waals surface area contributed by atoms with Crippen LogP contribution in [0.3, 0.4) is 0 Å². The van der Waals surface area contributed by atoms with Crippen molar-refractivity contribution in [1.29, 1.82) is 0 Å². The number of carbonyl (C=O) groups is 1. The zero-order chi connectivity index (χ0) is 24.5. The van der Waals surface area contributed by atoms with Gasteiger partial charge in [0.25, 0.3) is 0 Å². The van der Waals surface area contributed by atoms with Gasteiger partial charge in [-0.2, -0.15) is 0 Å². The SMILES string of the molecule is CC(C)N(C(=O)CSc1nc(C23CC4CC(CC(C4)C2)C3)nc2sc3c(c12)CC[C@H](C)C3)C(C)C. The van der Waals surface area contributed by atoms with Gasteiger partial charge >= 0.3 is 0 Å². The third kappa shape index (κ3) is 4.24. The predicted molar refractivity (Wildman–Crippen MR) is 146 cm³/mol. The minimum Gasteiger partial charge on any atom is -0.337 e. The predicted octanol–water partition coefficient (Wildman–Crippen LogP) is 7.02. The molecule has 2 aromatic heterocycles. The first-order chi connectivity index (χ1) is 16.7. The zero-order valence-corrected chi connectivity index (χ0v) is 23.7. The van der Waals surface area contributed by atoms with Gasteiger partial charge in [0.15, 0.2) is 0 Å². The molecule has 7 rings (SSSR count). The van der Waals surface area contributed by atoms with Crippen molar-refractivity contribution in [2.45, 2.75) is 115 Å². The molecule has 4 saturated carbocycles. The summed E-state index contributed by atoms with van der Waals surface area (Å²) in [6.45, 7) is 10.8. The van der Waals surface area contributed by atoms with Crippen molar-refractivity contribution in [3.8, 4) is 0 Å². The summed E-state index contributed by atoms with van der Waals surface area (Å²) in [4.78, 5) is 28.8. The second kappa shape index (κ2) is 9.01. The molecule has 6 heteroatoms. The van der Waals surface area contributed by atoms with Crippen molar-refractivity contribution in [3.05, 3.63) is 16.3 Å². The Hall–Kier alpha value is -1.14. The number of thiophene rings is 1. The number of rotatable bonds is 6. The normalized spacial score (nSPS) is 31.5. The molecule has 0 saturated heterocycles. The molecular weight excluding hydrogens is 470 g/mol. The number of aromatic nitrogens is 2. The van der Waals surface area contributed by atoms with Crippen molar-refractivity contribution >= 4 is 39.2 Å². The van der Waals surface area contributed by atoms with E-state index >= 15 is 0 Å². The van der Waals surface area contributed by atoms with Crippen molar-refractivity contribution < 1.29 is 4.79 Å². The van der Waals surface area contributed by atoms with Crippen LogP contribution in [0.15, 0.2) is 5.03 Å². The Morgan fingerprint density at radius 3 is 2.29 bits per heavy atom. The number of nitrogens with zero attached hydrogens (tertiary/aromatic N) is 3. The minimum absolute atomic E-state index is 0.182. The van der Waals surface area contributed by atoms with Gasteiger partial charge in [-0.25, -0.2) is 9.97 Å². The molecule has 5 aliphatic carbocycles. The van der Waals surface area contributed by atoms with Crippen molar-refractivity contribution in [2.24, 2.45) is 23.7 Å². The monoisotopic (exact) mass is 511 g/mol. The Balaban J connectivity index is 1.39. The van der Waals surface area contributed by atoms with E-state index in [4.69, 9.17) is 9.97 Å². The Morgan fingerprint density at radius 2 is 1.69 bits per heavy atom. The number of thioether (sulfide) groups is 1. The molecule has 0 N–H and O–H groups in total. The molecule has 4 nitrogen and oxygen atoms in total. The zero-order valence-electron chi connectivity index (χ0n) is 22.1. The lowest BCUT2D eigenvalue weighted by Gasteiger charge is -2.56. The first-order valence-corrected chi connectivity index (χ1v) is 15.8. The highest BCUT2D eigenvalue weighted by molar-refractivity contribution is 8.00. The second-order valence-corrected chi connectivity index (χ2v) is 14.9. The summed E-state index contributed by atoms with van der Waals surface area (Å²) in [6, 6.07) is 0.429. The lowest BCUT2D eigenvalue weighted by molar-refractivity contribution is -0.131. The molecule has 5 aliphatic rings. The van der Waals surface area contributed by atoms with Crippen LogP contribution >= 0.6 is 23.1 Å². The standard InChI is InChI=1S/C29H41N3OS2/c1-16(2)32(17(3)4)24(33)15-34-26-25-22-7-6-18(5)8-23(22)35-27(25)31-28(30-26)29-12-19-9-20(13-29)11-21(10-19)14-29/h16-21H,6-15H2,1-5H3/t18-,19?,20?,21?,29?/m0/s1. The van der Waals surface area contributed by atoms with Crippen LogP contribution in [0.4, 0.5) is 0 Å². The highest BCUT2D eigenvalue weighted by Gasteiger charge is 2.53. The van der Waals surface area contributed by atoms with Crippen molar-refractivity contribution in [2.75, 3.05) is 5.75 Å². The summed E-state index contributed by atoms with van der Waals surface area (Å²) < 4.78 is 0. The van der Waals surface area contributed by atoms with E-state index in [-0.39, 0.29) is 23.4 Å². The van der Waals surface area contributed by atoms with E-state index in [1.165, 1.54) is 72.0 Å². The second-order valence-electron chi connectivity index (χ2n) is 12.9. The van der Waals surface area contributed by atoms with Gasteiger partial charge in [0.05, 0.1) is 5.75 Å². The minimum atomic E-state index is 0.182.